The van der Waals surface area contributed by atoms with Crippen molar-refractivity contribution in [1.82, 2.24) is 24.6 Å². The van der Waals surface area contributed by atoms with Crippen LogP contribution in [-0.4, -0.2) is 69.2 Å². The molecular weight excluding hydrogens is 539 g/mol. The third-order valence-electron chi connectivity index (χ3n) is 5.54. The Morgan fingerprint density at radius 2 is 1.80 bits per heavy atom. The van der Waals surface area contributed by atoms with E-state index in [1.165, 1.54) is 30.6 Å². The second-order valence-corrected chi connectivity index (χ2v) is 11.9. The molecule has 3 rings (SSSR count). The van der Waals surface area contributed by atoms with Crippen LogP contribution in [0, 0.1) is 0 Å². The zero-order chi connectivity index (χ0) is 29.5. The van der Waals surface area contributed by atoms with Crippen molar-refractivity contribution in [2.24, 2.45) is 0 Å². The second-order valence-electron chi connectivity index (χ2n) is 9.85. The molecule has 2 heterocycles. The minimum Gasteiger partial charge on any atom is -0.462 e. The second kappa shape index (κ2) is 13.2. The number of esters is 2. The fraction of sp³-hybridized carbons (Fsp3) is 0.500. The summed E-state index contributed by atoms with van der Waals surface area (Å²) in [7, 11) is -2.12. The van der Waals surface area contributed by atoms with Crippen molar-refractivity contribution in [3.05, 3.63) is 42.5 Å². The minimum atomic E-state index is -3.87. The van der Waals surface area contributed by atoms with Gasteiger partial charge in [0, 0.05) is 7.05 Å². The lowest BCUT2D eigenvalue weighted by Gasteiger charge is -2.31. The van der Waals surface area contributed by atoms with E-state index in [0.717, 1.165) is 0 Å². The number of hydrogen-bond donors (Lipinski definition) is 2. The maximum Gasteiger partial charge on any atom is 0.342 e. The number of carbonyl (C=O) groups is 2. The van der Waals surface area contributed by atoms with E-state index in [-0.39, 0.29) is 24.8 Å². The van der Waals surface area contributed by atoms with Gasteiger partial charge in [0.05, 0.1) is 37.3 Å². The van der Waals surface area contributed by atoms with Crippen LogP contribution < -0.4 is 14.9 Å². The Labute approximate surface area is 233 Å². The quantitative estimate of drug-likeness (QED) is 0.210. The molecule has 218 valence electrons. The first kappa shape index (κ1) is 31.0. The van der Waals surface area contributed by atoms with Crippen LogP contribution >= 0.6 is 7.52 Å². The summed E-state index contributed by atoms with van der Waals surface area (Å²) >= 11 is 0. The molecule has 0 saturated carbocycles. The molecule has 0 saturated heterocycles. The summed E-state index contributed by atoms with van der Waals surface area (Å²) in [5.74, 6) is -0.264. The van der Waals surface area contributed by atoms with Crippen LogP contribution in [0.2, 0.25) is 0 Å². The van der Waals surface area contributed by atoms with Gasteiger partial charge in [0.1, 0.15) is 29.5 Å². The smallest absolute Gasteiger partial charge is 0.342 e. The van der Waals surface area contributed by atoms with Crippen molar-refractivity contribution in [1.29, 1.82) is 0 Å². The number of carbonyl (C=O) groups excluding carboxylic acids is 2. The summed E-state index contributed by atoms with van der Waals surface area (Å²) in [6, 6.07) is 6.01. The molecule has 40 heavy (non-hydrogen) atoms. The van der Waals surface area contributed by atoms with Crippen molar-refractivity contribution in [3.63, 3.8) is 0 Å². The van der Waals surface area contributed by atoms with Gasteiger partial charge < -0.3 is 28.6 Å². The molecule has 2 aromatic heterocycles. The van der Waals surface area contributed by atoms with Gasteiger partial charge in [0.2, 0.25) is 0 Å². The first-order chi connectivity index (χ1) is 18.9. The molecule has 0 spiro atoms. The van der Waals surface area contributed by atoms with Gasteiger partial charge in [-0.2, -0.15) is 0 Å². The summed E-state index contributed by atoms with van der Waals surface area (Å²) in [4.78, 5) is 37.6. The maximum atomic E-state index is 14.1. The van der Waals surface area contributed by atoms with E-state index in [2.05, 4.69) is 25.4 Å². The zero-order valence-electron chi connectivity index (χ0n) is 23.8. The fourth-order valence-electron chi connectivity index (χ4n) is 3.70. The van der Waals surface area contributed by atoms with Gasteiger partial charge in [-0.15, -0.1) is 0 Å². The third-order valence-corrected chi connectivity index (χ3v) is 7.44. The molecule has 1 aromatic carbocycles. The minimum absolute atomic E-state index is 0.213. The molecule has 1 unspecified atom stereocenters. The Kier molecular flexibility index (Phi) is 10.2. The number of hydrogen-bond acceptors (Lipinski definition) is 11. The van der Waals surface area contributed by atoms with Gasteiger partial charge in [-0.1, -0.05) is 0 Å². The zero-order valence-corrected chi connectivity index (χ0v) is 24.7. The van der Waals surface area contributed by atoms with Crippen molar-refractivity contribution >= 4 is 36.4 Å². The highest BCUT2D eigenvalue weighted by Gasteiger charge is 2.40. The van der Waals surface area contributed by atoms with Gasteiger partial charge in [-0.25, -0.2) is 24.8 Å². The topological polar surface area (TPSA) is 156 Å². The van der Waals surface area contributed by atoms with E-state index in [1.807, 2.05) is 6.92 Å². The van der Waals surface area contributed by atoms with Crippen LogP contribution in [0.15, 0.2) is 36.9 Å². The summed E-state index contributed by atoms with van der Waals surface area (Å²) < 4.78 is 38.1. The number of imidazole rings is 1. The molecule has 0 aliphatic carbocycles. The SMILES string of the molecule is CCOC(=O)c1ccc(OP(=O)(CO[C@H](C)Cn2cnc3c(NC)ncnc32)NC(C)(C)C(=O)OC(C)C)cc1. The van der Waals surface area contributed by atoms with Gasteiger partial charge in [-0.3, -0.25) is 9.36 Å². The summed E-state index contributed by atoms with van der Waals surface area (Å²) in [5, 5.41) is 5.81. The molecule has 2 atom stereocenters. The molecular formula is C26H37N6O7P. The van der Waals surface area contributed by atoms with Crippen LogP contribution in [0.1, 0.15) is 51.9 Å². The molecule has 0 aliphatic heterocycles. The normalized spacial score (nSPS) is 14.0. The molecule has 0 bridgehead atoms. The Balaban J connectivity index is 1.78. The fourth-order valence-corrected chi connectivity index (χ4v) is 5.72. The van der Waals surface area contributed by atoms with Crippen LogP contribution in [0.4, 0.5) is 5.82 Å². The Morgan fingerprint density at radius 3 is 2.42 bits per heavy atom. The van der Waals surface area contributed by atoms with E-state index in [0.29, 0.717) is 29.1 Å². The highest BCUT2D eigenvalue weighted by molar-refractivity contribution is 7.57. The van der Waals surface area contributed by atoms with Gasteiger partial charge in [0.15, 0.2) is 11.5 Å². The molecule has 14 heteroatoms. The highest BCUT2D eigenvalue weighted by atomic mass is 31.2. The Morgan fingerprint density at radius 1 is 1.10 bits per heavy atom. The number of aromatic nitrogens is 4. The Hall–Kier alpha value is -3.54. The number of nitrogens with zero attached hydrogens (tertiary/aromatic N) is 4. The number of rotatable bonds is 14. The number of fused-ring (bicyclic) bond motifs is 1. The molecule has 0 amide bonds. The molecule has 3 aromatic rings. The van der Waals surface area contributed by atoms with Crippen molar-refractivity contribution in [3.8, 4) is 5.75 Å². The number of benzene rings is 1. The lowest BCUT2D eigenvalue weighted by Crippen LogP contribution is -2.48. The third kappa shape index (κ3) is 8.00. The number of ether oxygens (including phenoxy) is 3. The van der Waals surface area contributed by atoms with Crippen LogP contribution in [0.3, 0.4) is 0 Å². The number of nitrogens with one attached hydrogen (secondary N) is 2. The first-order valence-corrected chi connectivity index (χ1v) is 14.7. The summed E-state index contributed by atoms with van der Waals surface area (Å²) in [6.45, 7) is 10.7. The van der Waals surface area contributed by atoms with E-state index in [1.54, 1.807) is 52.6 Å². The predicted octanol–water partition coefficient (Wildman–Crippen LogP) is 4.00. The monoisotopic (exact) mass is 576 g/mol. The van der Waals surface area contributed by atoms with E-state index in [9.17, 15) is 14.2 Å². The maximum absolute atomic E-state index is 14.1. The summed E-state index contributed by atoms with van der Waals surface area (Å²) in [5.41, 5.74) is 0.190. The largest absolute Gasteiger partial charge is 0.462 e. The van der Waals surface area contributed by atoms with Gasteiger partial charge in [0.25, 0.3) is 0 Å². The lowest BCUT2D eigenvalue weighted by molar-refractivity contribution is -0.153. The number of anilines is 1. The summed E-state index contributed by atoms with van der Waals surface area (Å²) in [6.07, 6.45) is 1.90. The molecule has 0 radical (unpaired) electrons. The molecule has 0 fully saturated rings. The van der Waals surface area contributed by atoms with Crippen molar-refractivity contribution in [2.45, 2.75) is 65.8 Å². The van der Waals surface area contributed by atoms with Crippen LogP contribution in [0.5, 0.6) is 5.75 Å². The average Bonchev–Trinajstić information content (AvgIpc) is 3.30. The molecule has 13 nitrogen and oxygen atoms in total. The highest BCUT2D eigenvalue weighted by Crippen LogP contribution is 2.45. The standard InChI is InChI=1S/C26H37N6O7P/c1-8-36-24(33)19-9-11-20(12-10-19)39-40(35,31-26(5,6)25(34)38-17(2)3)16-37-18(4)13-32-15-30-21-22(27-7)28-14-29-23(21)32/h9-12,14-15,17-18H,8,13,16H2,1-7H3,(H,31,35)(H,27,28,29)/t18-,40?/m1/s1. The van der Waals surface area contributed by atoms with Crippen molar-refractivity contribution in [2.75, 3.05) is 25.3 Å². The van der Waals surface area contributed by atoms with Crippen LogP contribution in [0.25, 0.3) is 11.2 Å². The lowest BCUT2D eigenvalue weighted by atomic mass is 10.1. The first-order valence-electron chi connectivity index (χ1n) is 12.9. The van der Waals surface area contributed by atoms with E-state index < -0.39 is 31.1 Å². The predicted molar refractivity (Wildman–Crippen MR) is 149 cm³/mol. The Bertz CT molecular complexity index is 1360. The van der Waals surface area contributed by atoms with E-state index in [4.69, 9.17) is 18.7 Å². The van der Waals surface area contributed by atoms with Gasteiger partial charge >= 0.3 is 19.5 Å². The molecule has 0 aliphatic rings. The van der Waals surface area contributed by atoms with Crippen LogP contribution in [-0.2, 0) is 30.1 Å². The van der Waals surface area contributed by atoms with Gasteiger partial charge in [-0.05, 0) is 65.8 Å². The molecule has 2 N–H and O–H groups in total. The van der Waals surface area contributed by atoms with E-state index >= 15 is 0 Å². The average molecular weight is 577 g/mol. The van der Waals surface area contributed by atoms with Crippen molar-refractivity contribution < 1.29 is 32.9 Å².